The third kappa shape index (κ3) is 3.56. The van der Waals surface area contributed by atoms with E-state index < -0.39 is 0 Å². The SMILES string of the molecule is CC(C)=CC=Nc1ccc(O)cc1. The summed E-state index contributed by atoms with van der Waals surface area (Å²) in [5.41, 5.74) is 2.05. The molecule has 68 valence electrons. The lowest BCUT2D eigenvalue weighted by atomic mass is 10.3. The van der Waals surface area contributed by atoms with Crippen molar-refractivity contribution in [2.45, 2.75) is 13.8 Å². The van der Waals surface area contributed by atoms with Crippen LogP contribution in [0.15, 0.2) is 40.9 Å². The summed E-state index contributed by atoms with van der Waals surface area (Å²) in [7, 11) is 0. The molecule has 0 saturated heterocycles. The van der Waals surface area contributed by atoms with E-state index in [1.165, 1.54) is 5.57 Å². The van der Waals surface area contributed by atoms with Gasteiger partial charge in [0.15, 0.2) is 0 Å². The van der Waals surface area contributed by atoms with Gasteiger partial charge in [0.25, 0.3) is 0 Å². The van der Waals surface area contributed by atoms with Crippen LogP contribution in [0.3, 0.4) is 0 Å². The highest BCUT2D eigenvalue weighted by molar-refractivity contribution is 5.75. The Morgan fingerprint density at radius 1 is 1.23 bits per heavy atom. The average molecular weight is 175 g/mol. The number of hydrogen-bond donors (Lipinski definition) is 1. The summed E-state index contributed by atoms with van der Waals surface area (Å²) in [4.78, 5) is 4.18. The maximum Gasteiger partial charge on any atom is 0.115 e. The quantitative estimate of drug-likeness (QED) is 0.688. The van der Waals surface area contributed by atoms with Gasteiger partial charge < -0.3 is 5.11 Å². The van der Waals surface area contributed by atoms with Crippen LogP contribution in [0.25, 0.3) is 0 Å². The smallest absolute Gasteiger partial charge is 0.115 e. The molecule has 13 heavy (non-hydrogen) atoms. The van der Waals surface area contributed by atoms with Gasteiger partial charge in [0, 0.05) is 6.21 Å². The molecule has 0 spiro atoms. The van der Waals surface area contributed by atoms with Gasteiger partial charge in [-0.25, -0.2) is 0 Å². The number of aromatic hydroxyl groups is 1. The molecule has 1 N–H and O–H groups in total. The van der Waals surface area contributed by atoms with E-state index in [0.29, 0.717) is 0 Å². The Hall–Kier alpha value is -1.57. The molecule has 2 heteroatoms. The minimum Gasteiger partial charge on any atom is -0.508 e. The van der Waals surface area contributed by atoms with Crippen molar-refractivity contribution < 1.29 is 5.11 Å². The number of hydrogen-bond acceptors (Lipinski definition) is 2. The third-order valence-electron chi connectivity index (χ3n) is 1.48. The molecule has 0 aromatic heterocycles. The zero-order valence-corrected chi connectivity index (χ0v) is 7.86. The normalized spacial score (nSPS) is 10.3. The fourth-order valence-electron chi connectivity index (χ4n) is 0.811. The van der Waals surface area contributed by atoms with Gasteiger partial charge in [-0.15, -0.1) is 0 Å². The lowest BCUT2D eigenvalue weighted by Gasteiger charge is -1.92. The van der Waals surface area contributed by atoms with Crippen LogP contribution in [0.1, 0.15) is 13.8 Å². The van der Waals surface area contributed by atoms with Crippen LogP contribution in [-0.4, -0.2) is 11.3 Å². The number of aliphatic imine (C=N–C) groups is 1. The topological polar surface area (TPSA) is 32.6 Å². The summed E-state index contributed by atoms with van der Waals surface area (Å²) < 4.78 is 0. The molecule has 0 fully saturated rings. The van der Waals surface area contributed by atoms with Crippen molar-refractivity contribution in [3.63, 3.8) is 0 Å². The summed E-state index contributed by atoms with van der Waals surface area (Å²) in [6, 6.07) is 6.78. The van der Waals surface area contributed by atoms with Crippen LogP contribution >= 0.6 is 0 Å². The van der Waals surface area contributed by atoms with E-state index >= 15 is 0 Å². The van der Waals surface area contributed by atoms with Crippen molar-refractivity contribution in [1.82, 2.24) is 0 Å². The molecule has 0 radical (unpaired) electrons. The minimum atomic E-state index is 0.265. The summed E-state index contributed by atoms with van der Waals surface area (Å²) in [6.45, 7) is 4.03. The van der Waals surface area contributed by atoms with Crippen LogP contribution in [0.5, 0.6) is 5.75 Å². The predicted octanol–water partition coefficient (Wildman–Crippen LogP) is 3.06. The van der Waals surface area contributed by atoms with Gasteiger partial charge in [-0.05, 0) is 44.2 Å². The van der Waals surface area contributed by atoms with E-state index in [4.69, 9.17) is 5.11 Å². The number of benzene rings is 1. The molecule has 1 rings (SSSR count). The number of phenolic OH excluding ortho intramolecular Hbond substituents is 1. The van der Waals surface area contributed by atoms with Gasteiger partial charge in [0.2, 0.25) is 0 Å². The van der Waals surface area contributed by atoms with E-state index in [0.717, 1.165) is 5.69 Å². The first-order valence-electron chi connectivity index (χ1n) is 4.15. The van der Waals surface area contributed by atoms with Gasteiger partial charge in [0.05, 0.1) is 5.69 Å². The molecule has 0 amide bonds. The fourth-order valence-corrected chi connectivity index (χ4v) is 0.811. The summed E-state index contributed by atoms with van der Waals surface area (Å²) in [5, 5.41) is 9.01. The Labute approximate surface area is 78.3 Å². The van der Waals surface area contributed by atoms with Crippen LogP contribution in [0.4, 0.5) is 5.69 Å². The second-order valence-electron chi connectivity index (χ2n) is 3.04. The average Bonchev–Trinajstić information content (AvgIpc) is 2.08. The minimum absolute atomic E-state index is 0.265. The molecule has 0 atom stereocenters. The van der Waals surface area contributed by atoms with Crippen LogP contribution in [-0.2, 0) is 0 Å². The molecule has 0 aliphatic carbocycles. The molecule has 1 aromatic carbocycles. The molecule has 0 aliphatic rings. The fraction of sp³-hybridized carbons (Fsp3) is 0.182. The van der Waals surface area contributed by atoms with Crippen molar-refractivity contribution in [3.05, 3.63) is 35.9 Å². The van der Waals surface area contributed by atoms with E-state index in [-0.39, 0.29) is 5.75 Å². The van der Waals surface area contributed by atoms with E-state index in [1.54, 1.807) is 30.5 Å². The van der Waals surface area contributed by atoms with E-state index in [2.05, 4.69) is 4.99 Å². The molecule has 0 saturated carbocycles. The number of allylic oxidation sites excluding steroid dienone is 2. The summed E-state index contributed by atoms with van der Waals surface area (Å²) in [5.74, 6) is 0.265. The Kier molecular flexibility index (Phi) is 3.26. The first kappa shape index (κ1) is 9.52. The van der Waals surface area contributed by atoms with Gasteiger partial charge >= 0.3 is 0 Å². The van der Waals surface area contributed by atoms with Gasteiger partial charge in [-0.3, -0.25) is 4.99 Å². The number of phenols is 1. The zero-order valence-electron chi connectivity index (χ0n) is 7.86. The van der Waals surface area contributed by atoms with Crippen molar-refractivity contribution in [3.8, 4) is 5.75 Å². The lowest BCUT2D eigenvalue weighted by molar-refractivity contribution is 0.475. The monoisotopic (exact) mass is 175 g/mol. The molecule has 0 unspecified atom stereocenters. The first-order valence-corrected chi connectivity index (χ1v) is 4.15. The van der Waals surface area contributed by atoms with Gasteiger partial charge in [0.1, 0.15) is 5.75 Å². The highest BCUT2D eigenvalue weighted by Crippen LogP contribution is 2.15. The lowest BCUT2D eigenvalue weighted by Crippen LogP contribution is -1.69. The van der Waals surface area contributed by atoms with E-state index in [1.807, 2.05) is 19.9 Å². The first-order chi connectivity index (χ1) is 6.18. The highest BCUT2D eigenvalue weighted by Gasteiger charge is 1.87. The van der Waals surface area contributed by atoms with Crippen LogP contribution in [0.2, 0.25) is 0 Å². The Morgan fingerprint density at radius 2 is 1.85 bits per heavy atom. The largest absolute Gasteiger partial charge is 0.508 e. The number of rotatable bonds is 2. The molecular formula is C11H13NO. The van der Waals surface area contributed by atoms with Crippen LogP contribution < -0.4 is 0 Å². The van der Waals surface area contributed by atoms with Crippen molar-refractivity contribution in [1.29, 1.82) is 0 Å². The Bertz CT molecular complexity index is 318. The van der Waals surface area contributed by atoms with Crippen molar-refractivity contribution in [2.24, 2.45) is 4.99 Å². The zero-order chi connectivity index (χ0) is 9.68. The van der Waals surface area contributed by atoms with E-state index in [9.17, 15) is 0 Å². The highest BCUT2D eigenvalue weighted by atomic mass is 16.3. The van der Waals surface area contributed by atoms with Crippen LogP contribution in [0, 0.1) is 0 Å². The second kappa shape index (κ2) is 4.45. The molecule has 0 bridgehead atoms. The molecular weight excluding hydrogens is 162 g/mol. The van der Waals surface area contributed by atoms with Crippen molar-refractivity contribution in [2.75, 3.05) is 0 Å². The third-order valence-corrected chi connectivity index (χ3v) is 1.48. The Morgan fingerprint density at radius 3 is 2.38 bits per heavy atom. The summed E-state index contributed by atoms with van der Waals surface area (Å²) in [6.07, 6.45) is 3.69. The maximum atomic E-state index is 9.01. The van der Waals surface area contributed by atoms with Gasteiger partial charge in [-0.2, -0.15) is 0 Å². The summed E-state index contributed by atoms with van der Waals surface area (Å²) >= 11 is 0. The van der Waals surface area contributed by atoms with Crippen molar-refractivity contribution >= 4 is 11.9 Å². The van der Waals surface area contributed by atoms with Gasteiger partial charge in [-0.1, -0.05) is 5.57 Å². The molecule has 0 aliphatic heterocycles. The molecule has 1 aromatic rings. The molecule has 2 nitrogen and oxygen atoms in total. The predicted molar refractivity (Wildman–Crippen MR) is 55.7 cm³/mol. The number of nitrogens with zero attached hydrogens (tertiary/aromatic N) is 1. The molecule has 0 heterocycles. The second-order valence-corrected chi connectivity index (χ2v) is 3.04. The Balaban J connectivity index is 2.70. The maximum absolute atomic E-state index is 9.01. The standard InChI is InChI=1S/C11H13NO/c1-9(2)7-8-12-10-3-5-11(13)6-4-10/h3-8,13H,1-2H3.